The van der Waals surface area contributed by atoms with Gasteiger partial charge in [0.25, 0.3) is 0 Å². The number of nitrogens with one attached hydrogen (secondary N) is 5. The van der Waals surface area contributed by atoms with E-state index in [1.165, 1.54) is 4.90 Å². The highest BCUT2D eigenvalue weighted by Crippen LogP contribution is 2.45. The van der Waals surface area contributed by atoms with Crippen LogP contribution in [0.25, 0.3) is 0 Å². The number of halogens is 1. The molecule has 16 heteroatoms. The maximum atomic E-state index is 14.3. The molecule has 5 rings (SSSR count). The zero-order chi connectivity index (χ0) is 34.6. The predicted octanol–water partition coefficient (Wildman–Crippen LogP) is 1.27. The van der Waals surface area contributed by atoms with E-state index in [2.05, 4.69) is 27.0 Å². The molecular formula is C32H52ClN7O8. The van der Waals surface area contributed by atoms with Gasteiger partial charge in [0.2, 0.25) is 11.8 Å². The molecule has 0 aromatic heterocycles. The summed E-state index contributed by atoms with van der Waals surface area (Å²) in [5.41, 5.74) is 7.69. The van der Waals surface area contributed by atoms with Crippen LogP contribution in [0.1, 0.15) is 85.0 Å². The number of carbonyl (C=O) groups is 4. The molecule has 3 aliphatic heterocycles. The fourth-order valence-corrected chi connectivity index (χ4v) is 7.73. The van der Waals surface area contributed by atoms with Gasteiger partial charge in [0, 0.05) is 12.5 Å². The lowest BCUT2D eigenvalue weighted by Gasteiger charge is -2.35. The van der Waals surface area contributed by atoms with Gasteiger partial charge in [-0.05, 0) is 78.1 Å². The van der Waals surface area contributed by atoms with Crippen molar-refractivity contribution in [2.45, 2.75) is 132 Å². The number of hydrogen-bond acceptors (Lipinski definition) is 11. The molecular weight excluding hydrogens is 646 g/mol. The summed E-state index contributed by atoms with van der Waals surface area (Å²) in [5, 5.41) is 26.3. The first-order valence-electron chi connectivity index (χ1n) is 17.3. The van der Waals surface area contributed by atoms with Crippen LogP contribution in [0.4, 0.5) is 4.79 Å². The number of carboxylic acid groups (broad SMARTS) is 1. The second-order valence-electron chi connectivity index (χ2n) is 14.7. The molecule has 5 aliphatic rings. The number of aliphatic hydroxyl groups excluding tert-OH is 1. The van der Waals surface area contributed by atoms with Gasteiger partial charge in [-0.3, -0.25) is 9.59 Å². The van der Waals surface area contributed by atoms with Crippen molar-refractivity contribution in [1.29, 1.82) is 0 Å². The average molecular weight is 698 g/mol. The van der Waals surface area contributed by atoms with Crippen molar-refractivity contribution in [2.75, 3.05) is 19.8 Å². The molecule has 0 aromatic rings. The summed E-state index contributed by atoms with van der Waals surface area (Å²) < 4.78 is 11.2. The van der Waals surface area contributed by atoms with E-state index in [9.17, 15) is 24.3 Å². The van der Waals surface area contributed by atoms with Gasteiger partial charge in [0.15, 0.2) is 0 Å². The van der Waals surface area contributed by atoms with Gasteiger partial charge in [-0.25, -0.2) is 20.4 Å². The van der Waals surface area contributed by atoms with E-state index in [0.717, 1.165) is 32.1 Å². The molecule has 2 aliphatic carbocycles. The van der Waals surface area contributed by atoms with E-state index >= 15 is 0 Å². The quantitative estimate of drug-likeness (QED) is 0.149. The molecule has 0 radical (unpaired) electrons. The minimum atomic E-state index is -1.41. The number of nitrogens with zero attached hydrogens (tertiary/aromatic N) is 2. The number of rotatable bonds is 7. The Bertz CT molecular complexity index is 1220. The number of amides is 3. The third-order valence-corrected chi connectivity index (χ3v) is 10.4. The fraction of sp³-hybridized carbons (Fsp3) is 0.812. The van der Waals surface area contributed by atoms with Crippen LogP contribution in [0.15, 0.2) is 12.2 Å². The number of allylic oxidation sites excluding steroid dienone is 1. The Morgan fingerprint density at radius 1 is 1.15 bits per heavy atom. The van der Waals surface area contributed by atoms with Crippen molar-refractivity contribution < 1.29 is 38.9 Å². The molecule has 3 heterocycles. The predicted molar refractivity (Wildman–Crippen MR) is 175 cm³/mol. The second-order valence-corrected chi connectivity index (χ2v) is 15.3. The SMILES string of the molecule is CC(C)(C)OC(=O)N[C@H]1CCCCC/C=C\[C@@H]2C[C@@]2(C(=O)O)NC(=O)[C@@H]2C[C@@H](N3NNC(C4CCC(OCCO)C(Cl)C4)N3)CN2C1=O. The molecule has 2 saturated heterocycles. The summed E-state index contributed by atoms with van der Waals surface area (Å²) in [7, 11) is 0. The number of aliphatic hydroxyl groups is 1. The summed E-state index contributed by atoms with van der Waals surface area (Å²) >= 11 is 6.64. The maximum absolute atomic E-state index is 14.3. The van der Waals surface area contributed by atoms with Crippen molar-refractivity contribution in [3.8, 4) is 0 Å². The lowest BCUT2D eigenvalue weighted by molar-refractivity contribution is -0.145. The molecule has 7 N–H and O–H groups in total. The van der Waals surface area contributed by atoms with Crippen LogP contribution in [0.3, 0.4) is 0 Å². The zero-order valence-electron chi connectivity index (χ0n) is 28.1. The van der Waals surface area contributed by atoms with Crippen LogP contribution in [0.5, 0.6) is 0 Å². The molecule has 0 spiro atoms. The molecule has 48 heavy (non-hydrogen) atoms. The molecule has 4 fully saturated rings. The van der Waals surface area contributed by atoms with E-state index in [1.54, 1.807) is 25.9 Å². The van der Waals surface area contributed by atoms with Crippen molar-refractivity contribution in [1.82, 2.24) is 37.0 Å². The van der Waals surface area contributed by atoms with Crippen molar-refractivity contribution in [2.24, 2.45) is 11.8 Å². The molecule has 0 aromatic carbocycles. The van der Waals surface area contributed by atoms with E-state index < -0.39 is 47.1 Å². The highest BCUT2D eigenvalue weighted by atomic mass is 35.5. The molecule has 2 saturated carbocycles. The van der Waals surface area contributed by atoms with Gasteiger partial charge in [-0.1, -0.05) is 25.0 Å². The lowest BCUT2D eigenvalue weighted by atomic mass is 9.85. The van der Waals surface area contributed by atoms with Gasteiger partial charge >= 0.3 is 12.1 Å². The summed E-state index contributed by atoms with van der Waals surface area (Å²) in [6.45, 7) is 5.58. The Kier molecular flexibility index (Phi) is 11.9. The van der Waals surface area contributed by atoms with Gasteiger partial charge in [-0.2, -0.15) is 10.7 Å². The summed E-state index contributed by atoms with van der Waals surface area (Å²) in [4.78, 5) is 54.9. The number of alkyl carbamates (subject to hydrolysis) is 1. The zero-order valence-corrected chi connectivity index (χ0v) is 28.8. The molecule has 15 nitrogen and oxygen atoms in total. The van der Waals surface area contributed by atoms with Gasteiger partial charge in [0.05, 0.1) is 36.9 Å². The Morgan fingerprint density at radius 2 is 1.94 bits per heavy atom. The van der Waals surface area contributed by atoms with Crippen LogP contribution in [0.2, 0.25) is 0 Å². The summed E-state index contributed by atoms with van der Waals surface area (Å²) in [6, 6.07) is -2.26. The monoisotopic (exact) mass is 697 g/mol. The maximum Gasteiger partial charge on any atom is 0.408 e. The van der Waals surface area contributed by atoms with Crippen molar-refractivity contribution in [3.63, 3.8) is 0 Å². The van der Waals surface area contributed by atoms with Gasteiger partial charge in [-0.15, -0.1) is 11.6 Å². The normalized spacial score (nSPS) is 37.4. The Morgan fingerprint density at radius 3 is 2.65 bits per heavy atom. The van der Waals surface area contributed by atoms with Crippen LogP contribution in [-0.2, 0) is 23.9 Å². The topological polar surface area (TPSA) is 194 Å². The van der Waals surface area contributed by atoms with Crippen LogP contribution < -0.4 is 27.0 Å². The minimum absolute atomic E-state index is 0.0547. The van der Waals surface area contributed by atoms with E-state index in [0.29, 0.717) is 19.3 Å². The number of hydrogen-bond donors (Lipinski definition) is 7. The highest BCUT2D eigenvalue weighted by Gasteiger charge is 2.61. The van der Waals surface area contributed by atoms with Crippen LogP contribution in [0, 0.1) is 11.8 Å². The number of alkyl halides is 1. The van der Waals surface area contributed by atoms with Crippen molar-refractivity contribution in [3.05, 3.63) is 12.2 Å². The Balaban J connectivity index is 1.32. The van der Waals surface area contributed by atoms with Crippen LogP contribution in [-0.4, -0.2) is 111 Å². The summed E-state index contributed by atoms with van der Waals surface area (Å²) in [5.74, 6) is -2.22. The van der Waals surface area contributed by atoms with Gasteiger partial charge in [0.1, 0.15) is 23.2 Å². The molecule has 9 atom stereocenters. The first-order valence-corrected chi connectivity index (χ1v) is 17.7. The third-order valence-electron chi connectivity index (χ3n) is 9.96. The molecule has 0 bridgehead atoms. The molecule has 4 unspecified atom stereocenters. The summed E-state index contributed by atoms with van der Waals surface area (Å²) in [6.07, 6.45) is 9.07. The first-order chi connectivity index (χ1) is 22.8. The smallest absolute Gasteiger partial charge is 0.408 e. The standard InChI is InChI=1S/C32H52ClN7O8/c1-31(2,3)48-30(46)34-23-10-8-6-4-5-7-9-20-17-32(20,29(44)45)35-27(42)24-16-21(18-39(24)28(23)43)40-37-26(36-38-40)19-11-12-25(22(33)15-19)47-14-13-41/h7,9,19-26,36-38,41H,4-6,8,10-18H2,1-3H3,(H,34,46)(H,35,42)(H,44,45)/b9-7-/t19?,20-,21-,22?,23+,24+,25?,26?,32-/m1/s1. The van der Waals surface area contributed by atoms with E-state index in [4.69, 9.17) is 26.2 Å². The lowest BCUT2D eigenvalue weighted by Crippen LogP contribution is -2.56. The van der Waals surface area contributed by atoms with E-state index in [-0.39, 0.29) is 68.1 Å². The minimum Gasteiger partial charge on any atom is -0.479 e. The highest BCUT2D eigenvalue weighted by molar-refractivity contribution is 6.21. The third kappa shape index (κ3) is 8.79. The van der Waals surface area contributed by atoms with Gasteiger partial charge < -0.3 is 35.2 Å². The fourth-order valence-electron chi connectivity index (χ4n) is 7.30. The Hall–Kier alpha value is -2.53. The second kappa shape index (κ2) is 15.6. The molecule has 3 amide bonds. The number of hydrazine groups is 3. The number of ether oxygens (including phenoxy) is 2. The van der Waals surface area contributed by atoms with E-state index in [1.807, 2.05) is 12.2 Å². The Labute approximate surface area is 286 Å². The number of carbonyl (C=O) groups excluding carboxylic acids is 3. The van der Waals surface area contributed by atoms with Crippen molar-refractivity contribution >= 4 is 35.5 Å². The first kappa shape index (κ1) is 36.7. The van der Waals surface area contributed by atoms with Crippen LogP contribution >= 0.6 is 11.6 Å². The number of aliphatic carboxylic acids is 1. The number of fused-ring (bicyclic) bond motifs is 2. The number of carboxylic acids is 1. The molecule has 270 valence electrons. The largest absolute Gasteiger partial charge is 0.479 e. The average Bonchev–Trinajstić information content (AvgIpc) is 3.32.